The smallest absolute Gasteiger partial charge is 0.250 e. The van der Waals surface area contributed by atoms with Gasteiger partial charge in [-0.05, 0) is 25.0 Å². The summed E-state index contributed by atoms with van der Waals surface area (Å²) in [4.78, 5) is 14.9. The maximum Gasteiger partial charge on any atom is 0.250 e. The van der Waals surface area contributed by atoms with Crippen LogP contribution in [0.25, 0.3) is 0 Å². The van der Waals surface area contributed by atoms with E-state index in [0.717, 1.165) is 31.8 Å². The van der Waals surface area contributed by atoms with E-state index in [1.54, 1.807) is 12.1 Å². The molecule has 2 rings (SSSR count). The summed E-state index contributed by atoms with van der Waals surface area (Å²) in [6.45, 7) is 1.60. The standard InChI is InChI=1S/C11H15N3O2/c12-11(15)8-3-4-10(13-6-8)14-7-9-2-1-5-16-9/h3-4,6,9H,1-2,5,7H2,(H2,12,15)(H,13,14). The molecule has 3 N–H and O–H groups in total. The molecule has 16 heavy (non-hydrogen) atoms. The molecular formula is C11H15N3O2. The Bertz CT molecular complexity index is 358. The van der Waals surface area contributed by atoms with Crippen LogP contribution >= 0.6 is 0 Å². The van der Waals surface area contributed by atoms with Crippen LogP contribution in [0.4, 0.5) is 5.82 Å². The highest BCUT2D eigenvalue weighted by Crippen LogP contribution is 2.12. The van der Waals surface area contributed by atoms with Crippen molar-refractivity contribution in [3.8, 4) is 0 Å². The average molecular weight is 221 g/mol. The molecule has 0 aromatic carbocycles. The molecule has 0 bridgehead atoms. The van der Waals surface area contributed by atoms with Crippen LogP contribution in [0.5, 0.6) is 0 Å². The quantitative estimate of drug-likeness (QED) is 0.787. The molecule has 0 saturated carbocycles. The van der Waals surface area contributed by atoms with Crippen LogP contribution in [0.2, 0.25) is 0 Å². The lowest BCUT2D eigenvalue weighted by Crippen LogP contribution is -2.19. The number of anilines is 1. The molecule has 2 heterocycles. The second-order valence-electron chi connectivity index (χ2n) is 3.81. The lowest BCUT2D eigenvalue weighted by atomic mass is 10.2. The second kappa shape index (κ2) is 4.94. The minimum absolute atomic E-state index is 0.276. The molecule has 5 heteroatoms. The Kier molecular flexibility index (Phi) is 3.36. The van der Waals surface area contributed by atoms with E-state index in [4.69, 9.17) is 10.5 Å². The Balaban J connectivity index is 1.87. The zero-order valence-corrected chi connectivity index (χ0v) is 8.98. The largest absolute Gasteiger partial charge is 0.376 e. The van der Waals surface area contributed by atoms with Gasteiger partial charge in [0, 0.05) is 19.3 Å². The molecule has 1 aliphatic rings. The normalized spacial score (nSPS) is 19.6. The SMILES string of the molecule is NC(=O)c1ccc(NCC2CCCO2)nc1. The number of hydrogen-bond acceptors (Lipinski definition) is 4. The lowest BCUT2D eigenvalue weighted by molar-refractivity contribution is 0.1000. The third-order valence-corrected chi connectivity index (χ3v) is 2.58. The van der Waals surface area contributed by atoms with Crippen LogP contribution in [-0.2, 0) is 4.74 Å². The van der Waals surface area contributed by atoms with Gasteiger partial charge in [-0.25, -0.2) is 4.98 Å². The zero-order valence-electron chi connectivity index (χ0n) is 8.98. The number of pyridine rings is 1. The number of hydrogen-bond donors (Lipinski definition) is 2. The zero-order chi connectivity index (χ0) is 11.4. The Morgan fingerprint density at radius 2 is 2.50 bits per heavy atom. The number of primary amides is 1. The Morgan fingerprint density at radius 1 is 1.62 bits per heavy atom. The fourth-order valence-electron chi connectivity index (χ4n) is 1.67. The van der Waals surface area contributed by atoms with E-state index in [2.05, 4.69) is 10.3 Å². The molecule has 0 spiro atoms. The van der Waals surface area contributed by atoms with Crippen LogP contribution in [-0.4, -0.2) is 30.1 Å². The fraction of sp³-hybridized carbons (Fsp3) is 0.455. The van der Waals surface area contributed by atoms with Crippen molar-refractivity contribution >= 4 is 11.7 Å². The van der Waals surface area contributed by atoms with Crippen molar-refractivity contribution in [2.75, 3.05) is 18.5 Å². The van der Waals surface area contributed by atoms with Crippen LogP contribution in [0.1, 0.15) is 23.2 Å². The third-order valence-electron chi connectivity index (χ3n) is 2.58. The average Bonchev–Trinajstić information content (AvgIpc) is 2.80. The summed E-state index contributed by atoms with van der Waals surface area (Å²) in [5.41, 5.74) is 5.54. The van der Waals surface area contributed by atoms with Gasteiger partial charge in [-0.15, -0.1) is 0 Å². The highest BCUT2D eigenvalue weighted by Gasteiger charge is 2.14. The van der Waals surface area contributed by atoms with E-state index in [1.165, 1.54) is 6.20 Å². The first-order valence-electron chi connectivity index (χ1n) is 5.37. The van der Waals surface area contributed by atoms with E-state index in [-0.39, 0.29) is 6.10 Å². The number of nitrogens with one attached hydrogen (secondary N) is 1. The molecule has 0 radical (unpaired) electrons. The van der Waals surface area contributed by atoms with Gasteiger partial charge in [0.15, 0.2) is 0 Å². The molecule has 1 unspecified atom stereocenters. The van der Waals surface area contributed by atoms with E-state index >= 15 is 0 Å². The lowest BCUT2D eigenvalue weighted by Gasteiger charge is -2.11. The Morgan fingerprint density at radius 3 is 3.06 bits per heavy atom. The van der Waals surface area contributed by atoms with Gasteiger partial charge >= 0.3 is 0 Å². The first kappa shape index (κ1) is 10.9. The van der Waals surface area contributed by atoms with Gasteiger partial charge in [0.25, 0.3) is 0 Å². The van der Waals surface area contributed by atoms with Crippen molar-refractivity contribution in [3.05, 3.63) is 23.9 Å². The van der Waals surface area contributed by atoms with Crippen LogP contribution in [0, 0.1) is 0 Å². The molecular weight excluding hydrogens is 206 g/mol. The van der Waals surface area contributed by atoms with Gasteiger partial charge in [-0.2, -0.15) is 0 Å². The van der Waals surface area contributed by atoms with Crippen molar-refractivity contribution in [3.63, 3.8) is 0 Å². The molecule has 0 aliphatic carbocycles. The minimum atomic E-state index is -0.460. The van der Waals surface area contributed by atoms with Gasteiger partial charge in [0.05, 0.1) is 11.7 Å². The predicted molar refractivity (Wildman–Crippen MR) is 60.2 cm³/mol. The summed E-state index contributed by atoms with van der Waals surface area (Å²) in [5.74, 6) is 0.277. The maximum absolute atomic E-state index is 10.8. The number of amides is 1. The van der Waals surface area contributed by atoms with Crippen LogP contribution in [0.3, 0.4) is 0 Å². The van der Waals surface area contributed by atoms with Crippen molar-refractivity contribution < 1.29 is 9.53 Å². The number of ether oxygens (including phenoxy) is 1. The molecule has 1 atom stereocenters. The molecule has 5 nitrogen and oxygen atoms in total. The van der Waals surface area contributed by atoms with Gasteiger partial charge in [-0.3, -0.25) is 4.79 Å². The van der Waals surface area contributed by atoms with Gasteiger partial charge in [-0.1, -0.05) is 0 Å². The first-order chi connectivity index (χ1) is 7.75. The summed E-state index contributed by atoms with van der Waals surface area (Å²) in [6, 6.07) is 3.40. The predicted octanol–water partition coefficient (Wildman–Crippen LogP) is 0.771. The number of nitrogens with two attached hydrogens (primary N) is 1. The number of aromatic nitrogens is 1. The summed E-state index contributed by atoms with van der Waals surface area (Å²) in [6.07, 6.45) is 3.96. The van der Waals surface area contributed by atoms with Crippen molar-refractivity contribution in [2.45, 2.75) is 18.9 Å². The van der Waals surface area contributed by atoms with E-state index in [0.29, 0.717) is 5.56 Å². The molecule has 1 aromatic heterocycles. The summed E-state index contributed by atoms with van der Waals surface area (Å²) in [5, 5.41) is 3.16. The number of carbonyl (C=O) groups excluding carboxylic acids is 1. The third kappa shape index (κ3) is 2.70. The summed E-state index contributed by atoms with van der Waals surface area (Å²) >= 11 is 0. The molecule has 1 aromatic rings. The number of rotatable bonds is 4. The maximum atomic E-state index is 10.8. The number of carbonyl (C=O) groups is 1. The van der Waals surface area contributed by atoms with Crippen molar-refractivity contribution in [2.24, 2.45) is 5.73 Å². The van der Waals surface area contributed by atoms with Gasteiger partial charge in [0.1, 0.15) is 5.82 Å². The first-order valence-corrected chi connectivity index (χ1v) is 5.37. The molecule has 1 aliphatic heterocycles. The van der Waals surface area contributed by atoms with Gasteiger partial charge in [0.2, 0.25) is 5.91 Å². The Hall–Kier alpha value is -1.62. The van der Waals surface area contributed by atoms with Crippen LogP contribution < -0.4 is 11.1 Å². The van der Waals surface area contributed by atoms with Crippen LogP contribution in [0.15, 0.2) is 18.3 Å². The summed E-state index contributed by atoms with van der Waals surface area (Å²) in [7, 11) is 0. The minimum Gasteiger partial charge on any atom is -0.376 e. The summed E-state index contributed by atoms with van der Waals surface area (Å²) < 4.78 is 5.47. The topological polar surface area (TPSA) is 77.2 Å². The highest BCUT2D eigenvalue weighted by molar-refractivity contribution is 5.92. The van der Waals surface area contributed by atoms with E-state index in [9.17, 15) is 4.79 Å². The molecule has 86 valence electrons. The molecule has 1 fully saturated rings. The molecule has 1 amide bonds. The van der Waals surface area contributed by atoms with Crippen molar-refractivity contribution in [1.82, 2.24) is 4.98 Å². The van der Waals surface area contributed by atoms with Gasteiger partial charge < -0.3 is 15.8 Å². The monoisotopic (exact) mass is 221 g/mol. The Labute approximate surface area is 94.0 Å². The highest BCUT2D eigenvalue weighted by atomic mass is 16.5. The van der Waals surface area contributed by atoms with E-state index < -0.39 is 5.91 Å². The number of nitrogens with zero attached hydrogens (tertiary/aromatic N) is 1. The molecule has 1 saturated heterocycles. The van der Waals surface area contributed by atoms with E-state index in [1.807, 2.05) is 0 Å². The fourth-order valence-corrected chi connectivity index (χ4v) is 1.67. The van der Waals surface area contributed by atoms with Crippen molar-refractivity contribution in [1.29, 1.82) is 0 Å². The second-order valence-corrected chi connectivity index (χ2v) is 3.81.